The minimum atomic E-state index is -1.65. The van der Waals surface area contributed by atoms with Crippen molar-refractivity contribution in [1.29, 1.82) is 0 Å². The number of rotatable bonds is 7. The Hall–Kier alpha value is -3.19. The molecule has 0 amide bonds. The molecule has 7 nitrogen and oxygen atoms in total. The zero-order valence-corrected chi connectivity index (χ0v) is 18.8. The normalized spacial score (nSPS) is 19.6. The van der Waals surface area contributed by atoms with Gasteiger partial charge >= 0.3 is 11.9 Å². The average Bonchev–Trinajstić information content (AvgIpc) is 2.83. The van der Waals surface area contributed by atoms with Crippen LogP contribution in [0.15, 0.2) is 48.5 Å². The second-order valence-electron chi connectivity index (χ2n) is 7.94. The van der Waals surface area contributed by atoms with E-state index in [1.807, 2.05) is 31.2 Å². The third-order valence-electron chi connectivity index (χ3n) is 6.10. The highest BCUT2D eigenvalue weighted by Gasteiger charge is 2.58. The first-order valence-electron chi connectivity index (χ1n) is 10.4. The highest BCUT2D eigenvalue weighted by atomic mass is 16.5. The summed E-state index contributed by atoms with van der Waals surface area (Å²) in [5.41, 5.74) is 0.724. The van der Waals surface area contributed by atoms with Gasteiger partial charge in [0.25, 0.3) is 0 Å². The Morgan fingerprint density at radius 1 is 0.938 bits per heavy atom. The summed E-state index contributed by atoms with van der Waals surface area (Å²) in [5, 5.41) is 0. The molecule has 170 valence electrons. The average molecular weight is 440 g/mol. The van der Waals surface area contributed by atoms with Crippen LogP contribution < -0.4 is 4.74 Å². The molecule has 0 bridgehead atoms. The van der Waals surface area contributed by atoms with Crippen LogP contribution in [-0.4, -0.2) is 45.7 Å². The van der Waals surface area contributed by atoms with Crippen LogP contribution in [0.25, 0.3) is 0 Å². The van der Waals surface area contributed by atoms with Gasteiger partial charge in [-0.25, -0.2) is 0 Å². The fourth-order valence-corrected chi connectivity index (χ4v) is 4.19. The second-order valence-corrected chi connectivity index (χ2v) is 7.94. The predicted molar refractivity (Wildman–Crippen MR) is 116 cm³/mol. The summed E-state index contributed by atoms with van der Waals surface area (Å²) in [4.78, 5) is 39.1. The van der Waals surface area contributed by atoms with Crippen molar-refractivity contribution in [3.05, 3.63) is 65.2 Å². The molecular formula is C25H28O7. The van der Waals surface area contributed by atoms with Crippen LogP contribution in [-0.2, 0) is 23.8 Å². The zero-order valence-electron chi connectivity index (χ0n) is 18.8. The van der Waals surface area contributed by atoms with E-state index < -0.39 is 29.4 Å². The number of hydrogen-bond acceptors (Lipinski definition) is 7. The van der Waals surface area contributed by atoms with Crippen LogP contribution in [0, 0.1) is 18.3 Å². The number of carbonyl (C=O) groups is 3. The highest BCUT2D eigenvalue weighted by Crippen LogP contribution is 2.47. The number of carbonyl (C=O) groups excluding carboxylic acids is 3. The van der Waals surface area contributed by atoms with Crippen molar-refractivity contribution in [2.45, 2.75) is 25.9 Å². The molecule has 1 fully saturated rings. The molecule has 2 atom stereocenters. The molecule has 0 N–H and O–H groups in total. The largest absolute Gasteiger partial charge is 0.497 e. The van der Waals surface area contributed by atoms with Gasteiger partial charge in [-0.1, -0.05) is 29.8 Å². The van der Waals surface area contributed by atoms with Crippen LogP contribution in [0.4, 0.5) is 0 Å². The van der Waals surface area contributed by atoms with Gasteiger partial charge in [0.05, 0.1) is 34.0 Å². The van der Waals surface area contributed by atoms with E-state index >= 15 is 0 Å². The molecule has 2 aromatic rings. The number of hydrogen-bond donors (Lipinski definition) is 0. The summed E-state index contributed by atoms with van der Waals surface area (Å²) in [7, 11) is 4.00. The number of Topliss-reactive ketones (excluding diaryl/α,β-unsaturated/α-hetero) is 1. The quantitative estimate of drug-likeness (QED) is 0.369. The van der Waals surface area contributed by atoms with Crippen LogP contribution >= 0.6 is 0 Å². The molecule has 0 radical (unpaired) electrons. The summed E-state index contributed by atoms with van der Waals surface area (Å²) >= 11 is 0. The Kier molecular flexibility index (Phi) is 7.30. The molecule has 1 saturated heterocycles. The summed E-state index contributed by atoms with van der Waals surface area (Å²) in [6, 6.07) is 14.4. The van der Waals surface area contributed by atoms with E-state index in [9.17, 15) is 14.4 Å². The molecule has 1 aliphatic heterocycles. The Morgan fingerprint density at radius 2 is 1.53 bits per heavy atom. The smallest absolute Gasteiger partial charge is 0.323 e. The number of benzene rings is 2. The van der Waals surface area contributed by atoms with Crippen molar-refractivity contribution in [3.8, 4) is 5.75 Å². The van der Waals surface area contributed by atoms with E-state index in [1.54, 1.807) is 31.4 Å². The minimum absolute atomic E-state index is 0.0238. The lowest BCUT2D eigenvalue weighted by atomic mass is 9.67. The Balaban J connectivity index is 1.94. The lowest BCUT2D eigenvalue weighted by Gasteiger charge is -2.42. The molecule has 0 spiro atoms. The Bertz CT molecular complexity index is 947. The molecular weight excluding hydrogens is 412 g/mol. The van der Waals surface area contributed by atoms with E-state index in [0.717, 1.165) is 11.1 Å². The number of ether oxygens (including phenoxy) is 4. The van der Waals surface area contributed by atoms with Gasteiger partial charge in [0.1, 0.15) is 5.75 Å². The SMILES string of the molecule is COC(=O)C1(C(=O)OC)C[C@H](c2ccc(C)cc2)OC[C@H]1CC(=O)c1ccc(OC)cc1. The van der Waals surface area contributed by atoms with Gasteiger partial charge in [-0.3, -0.25) is 14.4 Å². The maximum Gasteiger partial charge on any atom is 0.323 e. The number of aryl methyl sites for hydroxylation is 1. The molecule has 7 heteroatoms. The number of methoxy groups -OCH3 is 3. The molecule has 2 aromatic carbocycles. The van der Waals surface area contributed by atoms with E-state index in [0.29, 0.717) is 11.3 Å². The molecule has 0 aromatic heterocycles. The van der Waals surface area contributed by atoms with Gasteiger partial charge in [0.2, 0.25) is 0 Å². The van der Waals surface area contributed by atoms with Crippen molar-refractivity contribution < 1.29 is 33.3 Å². The van der Waals surface area contributed by atoms with E-state index in [4.69, 9.17) is 18.9 Å². The first kappa shape index (κ1) is 23.5. The standard InChI is InChI=1S/C25H28O7/c1-16-5-7-18(8-6-16)22-14-25(23(27)30-3,24(28)31-4)19(15-32-22)13-21(26)17-9-11-20(29-2)12-10-17/h5-12,19,22H,13-15H2,1-4H3/t19-,22-/m1/s1. The summed E-state index contributed by atoms with van der Waals surface area (Å²) < 4.78 is 21.3. The topological polar surface area (TPSA) is 88.1 Å². The van der Waals surface area contributed by atoms with Gasteiger partial charge in [0.15, 0.2) is 11.2 Å². The molecule has 1 heterocycles. The van der Waals surface area contributed by atoms with Crippen LogP contribution in [0.3, 0.4) is 0 Å². The van der Waals surface area contributed by atoms with Crippen LogP contribution in [0.5, 0.6) is 5.75 Å². The monoisotopic (exact) mass is 440 g/mol. The molecule has 32 heavy (non-hydrogen) atoms. The lowest BCUT2D eigenvalue weighted by molar-refractivity contribution is -0.189. The van der Waals surface area contributed by atoms with Crippen molar-refractivity contribution >= 4 is 17.7 Å². The van der Waals surface area contributed by atoms with Crippen molar-refractivity contribution in [2.24, 2.45) is 11.3 Å². The van der Waals surface area contributed by atoms with E-state index in [2.05, 4.69) is 0 Å². The highest BCUT2D eigenvalue weighted by molar-refractivity contribution is 6.02. The lowest BCUT2D eigenvalue weighted by Crippen LogP contribution is -2.53. The van der Waals surface area contributed by atoms with Crippen molar-refractivity contribution in [3.63, 3.8) is 0 Å². The fraction of sp³-hybridized carbons (Fsp3) is 0.400. The fourth-order valence-electron chi connectivity index (χ4n) is 4.19. The van der Waals surface area contributed by atoms with Crippen molar-refractivity contribution in [2.75, 3.05) is 27.9 Å². The van der Waals surface area contributed by atoms with Crippen molar-refractivity contribution in [1.82, 2.24) is 0 Å². The van der Waals surface area contributed by atoms with Crippen LogP contribution in [0.1, 0.15) is 40.4 Å². The number of esters is 2. The second kappa shape index (κ2) is 9.96. The first-order chi connectivity index (χ1) is 15.3. The van der Waals surface area contributed by atoms with E-state index in [-0.39, 0.29) is 25.2 Å². The molecule has 1 aliphatic rings. The molecule has 0 aliphatic carbocycles. The third-order valence-corrected chi connectivity index (χ3v) is 6.10. The maximum atomic E-state index is 13.0. The van der Waals surface area contributed by atoms with Gasteiger partial charge in [-0.15, -0.1) is 0 Å². The summed E-state index contributed by atoms with van der Waals surface area (Å²) in [6.45, 7) is 2.00. The third kappa shape index (κ3) is 4.53. The van der Waals surface area contributed by atoms with Gasteiger partial charge in [0, 0.05) is 24.3 Å². The van der Waals surface area contributed by atoms with Crippen LogP contribution in [0.2, 0.25) is 0 Å². The zero-order chi connectivity index (χ0) is 23.3. The first-order valence-corrected chi connectivity index (χ1v) is 10.4. The Labute approximate surface area is 187 Å². The summed E-state index contributed by atoms with van der Waals surface area (Å²) in [5.74, 6) is -1.78. The van der Waals surface area contributed by atoms with E-state index in [1.165, 1.54) is 14.2 Å². The molecule has 3 rings (SSSR count). The predicted octanol–water partition coefficient (Wildman–Crippen LogP) is 3.69. The molecule has 0 unspecified atom stereocenters. The molecule has 0 saturated carbocycles. The van der Waals surface area contributed by atoms with Gasteiger partial charge < -0.3 is 18.9 Å². The minimum Gasteiger partial charge on any atom is -0.497 e. The maximum absolute atomic E-state index is 13.0. The van der Waals surface area contributed by atoms with Gasteiger partial charge in [-0.05, 0) is 36.8 Å². The Morgan fingerprint density at radius 3 is 2.06 bits per heavy atom. The summed E-state index contributed by atoms with van der Waals surface area (Å²) in [6.07, 6.45) is -0.561. The number of ketones is 1. The van der Waals surface area contributed by atoms with Gasteiger partial charge in [-0.2, -0.15) is 0 Å².